The monoisotopic (exact) mass is 544 g/mol. The fraction of sp³-hybridized carbons (Fsp3) is 0.333. The highest BCUT2D eigenvalue weighted by Gasteiger charge is 2.37. The van der Waals surface area contributed by atoms with Gasteiger partial charge in [-0.3, -0.25) is 4.57 Å². The average Bonchev–Trinajstić information content (AvgIpc) is 3.58. The Bertz CT molecular complexity index is 1490. The van der Waals surface area contributed by atoms with Crippen LogP contribution in [0.4, 0.5) is 10.3 Å². The lowest BCUT2D eigenvalue weighted by Gasteiger charge is -2.35. The summed E-state index contributed by atoms with van der Waals surface area (Å²) in [5.74, 6) is 0.545. The van der Waals surface area contributed by atoms with E-state index in [1.165, 1.54) is 29.9 Å². The first-order valence-corrected chi connectivity index (χ1v) is 13.3. The van der Waals surface area contributed by atoms with Gasteiger partial charge in [-0.1, -0.05) is 6.07 Å². The Morgan fingerprint density at radius 2 is 1.79 bits per heavy atom. The van der Waals surface area contributed by atoms with Crippen LogP contribution in [0, 0.1) is 5.82 Å². The van der Waals surface area contributed by atoms with E-state index < -0.39 is 32.8 Å². The number of halogens is 1. The van der Waals surface area contributed by atoms with Crippen molar-refractivity contribution < 1.29 is 31.8 Å². The summed E-state index contributed by atoms with van der Waals surface area (Å²) < 4.78 is 58.9. The summed E-state index contributed by atoms with van der Waals surface area (Å²) in [7, 11) is -0.936. The number of hydrogen-bond acceptors (Lipinski definition) is 11. The molecule has 14 heteroatoms. The summed E-state index contributed by atoms with van der Waals surface area (Å²) in [5, 5.41) is 17.9. The molecule has 2 atom stereocenters. The number of aliphatic hydroxyl groups excluding tert-OH is 1. The van der Waals surface area contributed by atoms with E-state index in [-0.39, 0.29) is 37.1 Å². The van der Waals surface area contributed by atoms with Crippen LogP contribution in [0.25, 0.3) is 17.3 Å². The Hall–Kier alpha value is -4.04. The van der Waals surface area contributed by atoms with Crippen LogP contribution in [0.5, 0.6) is 11.5 Å². The van der Waals surface area contributed by atoms with Crippen LogP contribution in [0.15, 0.2) is 53.4 Å². The van der Waals surface area contributed by atoms with Gasteiger partial charge in [0.2, 0.25) is 11.8 Å². The van der Waals surface area contributed by atoms with Gasteiger partial charge in [0, 0.05) is 13.1 Å². The molecular weight excluding hydrogens is 519 g/mol. The molecule has 0 spiro atoms. The molecule has 1 saturated heterocycles. The Labute approximate surface area is 217 Å². The molecule has 0 unspecified atom stereocenters. The maximum Gasteiger partial charge on any atom is 0.225 e. The number of rotatable bonds is 8. The van der Waals surface area contributed by atoms with Crippen molar-refractivity contribution in [2.24, 2.45) is 0 Å². The Morgan fingerprint density at radius 1 is 1.08 bits per heavy atom. The lowest BCUT2D eigenvalue weighted by atomic mass is 10.1. The SMILES string of the molecule is COc1cccc(OC)c1-n1c(CS(=O)(=O)[C@H]2C[C@@H](O)CN(c3ncc(F)cn3)C2)nnc1-c1ccco1. The van der Waals surface area contributed by atoms with E-state index in [1.807, 2.05) is 0 Å². The number of aromatic nitrogens is 5. The van der Waals surface area contributed by atoms with Crippen LogP contribution in [0.3, 0.4) is 0 Å². The van der Waals surface area contributed by atoms with Crippen LogP contribution in [0.1, 0.15) is 12.2 Å². The fourth-order valence-corrected chi connectivity index (χ4v) is 6.18. The molecule has 1 fully saturated rings. The lowest BCUT2D eigenvalue weighted by Crippen LogP contribution is -2.49. The topological polar surface area (TPSA) is 146 Å². The summed E-state index contributed by atoms with van der Waals surface area (Å²) in [6.07, 6.45) is 2.51. The number of benzene rings is 1. The highest BCUT2D eigenvalue weighted by Crippen LogP contribution is 2.37. The van der Waals surface area contributed by atoms with E-state index >= 15 is 0 Å². The van der Waals surface area contributed by atoms with Gasteiger partial charge in [0.1, 0.15) is 22.9 Å². The minimum absolute atomic E-state index is 0.0111. The fourth-order valence-electron chi connectivity index (χ4n) is 4.48. The molecule has 5 rings (SSSR count). The van der Waals surface area contributed by atoms with Crippen molar-refractivity contribution in [2.45, 2.75) is 23.5 Å². The number of methoxy groups -OCH3 is 2. The Balaban J connectivity index is 1.54. The van der Waals surface area contributed by atoms with Gasteiger partial charge in [-0.05, 0) is 30.7 Å². The van der Waals surface area contributed by atoms with Gasteiger partial charge in [-0.2, -0.15) is 0 Å². The van der Waals surface area contributed by atoms with Gasteiger partial charge in [-0.25, -0.2) is 22.8 Å². The van der Waals surface area contributed by atoms with Crippen molar-refractivity contribution in [1.29, 1.82) is 0 Å². The van der Waals surface area contributed by atoms with Crippen LogP contribution in [-0.4, -0.2) is 76.9 Å². The molecule has 0 radical (unpaired) electrons. The number of β-amino-alcohol motifs (C(OH)–C–C–N with tert-alkyl or cyclic N) is 1. The van der Waals surface area contributed by atoms with Gasteiger partial charge in [0.15, 0.2) is 27.2 Å². The molecule has 1 aromatic carbocycles. The van der Waals surface area contributed by atoms with E-state index in [1.54, 1.807) is 30.3 Å². The van der Waals surface area contributed by atoms with Crippen LogP contribution < -0.4 is 14.4 Å². The second kappa shape index (κ2) is 10.4. The zero-order chi connectivity index (χ0) is 26.9. The van der Waals surface area contributed by atoms with E-state index in [0.717, 1.165) is 12.4 Å². The Kier molecular flexibility index (Phi) is 6.99. The maximum absolute atomic E-state index is 13.7. The van der Waals surface area contributed by atoms with E-state index in [2.05, 4.69) is 20.2 Å². The van der Waals surface area contributed by atoms with Crippen molar-refractivity contribution in [3.63, 3.8) is 0 Å². The summed E-state index contributed by atoms with van der Waals surface area (Å²) in [5.41, 5.74) is 0.407. The average molecular weight is 545 g/mol. The number of aliphatic hydroxyl groups is 1. The molecular formula is C24H25FN6O6S. The third-order valence-electron chi connectivity index (χ3n) is 6.21. The number of anilines is 1. The molecule has 0 saturated carbocycles. The molecule has 1 aliphatic heterocycles. The van der Waals surface area contributed by atoms with Crippen molar-refractivity contribution in [1.82, 2.24) is 24.7 Å². The van der Waals surface area contributed by atoms with Crippen molar-refractivity contribution in [2.75, 3.05) is 32.2 Å². The number of para-hydroxylation sites is 1. The molecule has 0 amide bonds. The predicted octanol–water partition coefficient (Wildman–Crippen LogP) is 2.03. The first-order chi connectivity index (χ1) is 18.3. The van der Waals surface area contributed by atoms with Gasteiger partial charge in [0.25, 0.3) is 0 Å². The molecule has 12 nitrogen and oxygen atoms in total. The number of ether oxygens (including phenoxy) is 2. The zero-order valence-electron chi connectivity index (χ0n) is 20.6. The second-order valence-corrected chi connectivity index (χ2v) is 11.0. The number of piperidine rings is 1. The van der Waals surface area contributed by atoms with Gasteiger partial charge < -0.3 is 23.9 Å². The zero-order valence-corrected chi connectivity index (χ0v) is 21.4. The quantitative estimate of drug-likeness (QED) is 0.348. The molecule has 1 aliphatic rings. The first kappa shape index (κ1) is 25.6. The minimum atomic E-state index is -3.91. The van der Waals surface area contributed by atoms with Crippen molar-refractivity contribution in [3.05, 3.63) is 60.6 Å². The highest BCUT2D eigenvalue weighted by molar-refractivity contribution is 7.91. The van der Waals surface area contributed by atoms with Crippen molar-refractivity contribution >= 4 is 15.8 Å². The molecule has 4 aromatic rings. The lowest BCUT2D eigenvalue weighted by molar-refractivity contribution is 0.154. The predicted molar refractivity (Wildman–Crippen MR) is 133 cm³/mol. The van der Waals surface area contributed by atoms with Crippen LogP contribution in [-0.2, 0) is 15.6 Å². The third kappa shape index (κ3) is 4.91. The number of nitrogens with zero attached hydrogens (tertiary/aromatic N) is 6. The van der Waals surface area contributed by atoms with E-state index in [4.69, 9.17) is 13.9 Å². The second-order valence-electron chi connectivity index (χ2n) is 8.69. The minimum Gasteiger partial charge on any atom is -0.494 e. The van der Waals surface area contributed by atoms with E-state index in [0.29, 0.717) is 22.9 Å². The maximum atomic E-state index is 13.7. The highest BCUT2D eigenvalue weighted by atomic mass is 32.2. The summed E-state index contributed by atoms with van der Waals surface area (Å²) >= 11 is 0. The molecule has 3 aromatic heterocycles. The molecule has 0 bridgehead atoms. The molecule has 38 heavy (non-hydrogen) atoms. The summed E-state index contributed by atoms with van der Waals surface area (Å²) in [6, 6.07) is 8.52. The number of hydrogen-bond donors (Lipinski definition) is 1. The first-order valence-electron chi connectivity index (χ1n) is 11.6. The number of furan rings is 1. The normalized spacial score (nSPS) is 17.9. The standard InChI is InChI=1S/C24H25FN6O6S/c1-35-18-5-3-6-19(36-2)22(18)31-21(28-29-23(31)20-7-4-8-37-20)14-38(33,34)17-9-16(32)12-30(13-17)24-26-10-15(25)11-27-24/h3-8,10-11,16-17,32H,9,12-14H2,1-2H3/t16-,17+/m1/s1. The number of sulfone groups is 1. The smallest absolute Gasteiger partial charge is 0.225 e. The van der Waals surface area contributed by atoms with Crippen LogP contribution >= 0.6 is 0 Å². The summed E-state index contributed by atoms with van der Waals surface area (Å²) in [4.78, 5) is 9.39. The van der Waals surface area contributed by atoms with Crippen molar-refractivity contribution in [3.8, 4) is 28.8 Å². The largest absolute Gasteiger partial charge is 0.494 e. The van der Waals surface area contributed by atoms with Gasteiger partial charge in [-0.15, -0.1) is 10.2 Å². The van der Waals surface area contributed by atoms with Gasteiger partial charge in [0.05, 0.1) is 44.2 Å². The van der Waals surface area contributed by atoms with Gasteiger partial charge >= 0.3 is 0 Å². The molecule has 200 valence electrons. The molecule has 4 heterocycles. The van der Waals surface area contributed by atoms with Crippen LogP contribution in [0.2, 0.25) is 0 Å². The third-order valence-corrected chi connectivity index (χ3v) is 8.23. The molecule has 1 N–H and O–H groups in total. The molecule has 0 aliphatic carbocycles. The summed E-state index contributed by atoms with van der Waals surface area (Å²) in [6.45, 7) is 0.136. The Morgan fingerprint density at radius 3 is 2.42 bits per heavy atom. The van der Waals surface area contributed by atoms with E-state index in [9.17, 15) is 17.9 Å².